The van der Waals surface area contributed by atoms with Crippen molar-refractivity contribution in [3.05, 3.63) is 121 Å². The number of fused-ring (bicyclic) bond motifs is 3. The third-order valence-electron chi connectivity index (χ3n) is 6.33. The highest BCUT2D eigenvalue weighted by Gasteiger charge is 2.15. The standard InChI is InChI=1S/C31H23NO/c1-33-25-19-20-31-28(21-25)27-12-6-8-14-30(27)32(31)29-13-7-5-11-26(29)24-17-15-23(16-18-24)22-9-3-2-4-10-22/h2-21H,1H3. The first-order valence-corrected chi connectivity index (χ1v) is 11.2. The topological polar surface area (TPSA) is 14.2 Å². The number of methoxy groups -OCH3 is 1. The van der Waals surface area contributed by atoms with Gasteiger partial charge in [-0.15, -0.1) is 0 Å². The van der Waals surface area contributed by atoms with Crippen LogP contribution in [0, 0.1) is 0 Å². The Labute approximate surface area is 193 Å². The minimum absolute atomic E-state index is 0.871. The van der Waals surface area contributed by atoms with Gasteiger partial charge >= 0.3 is 0 Å². The van der Waals surface area contributed by atoms with Crippen molar-refractivity contribution in [3.8, 4) is 33.7 Å². The van der Waals surface area contributed by atoms with E-state index in [1.807, 2.05) is 6.07 Å². The Bertz CT molecular complexity index is 1580. The molecule has 0 atom stereocenters. The van der Waals surface area contributed by atoms with Crippen LogP contribution in [0.4, 0.5) is 0 Å². The zero-order valence-corrected chi connectivity index (χ0v) is 18.4. The second-order valence-electron chi connectivity index (χ2n) is 8.20. The van der Waals surface area contributed by atoms with Crippen LogP contribution in [-0.2, 0) is 0 Å². The normalized spacial score (nSPS) is 11.2. The van der Waals surface area contributed by atoms with Gasteiger partial charge in [0.2, 0.25) is 0 Å². The van der Waals surface area contributed by atoms with Crippen molar-refractivity contribution >= 4 is 21.8 Å². The summed E-state index contributed by atoms with van der Waals surface area (Å²) >= 11 is 0. The van der Waals surface area contributed by atoms with E-state index in [0.717, 1.165) is 5.75 Å². The summed E-state index contributed by atoms with van der Waals surface area (Å²) < 4.78 is 7.88. The molecule has 0 aliphatic rings. The van der Waals surface area contributed by atoms with Gasteiger partial charge in [0.1, 0.15) is 5.75 Å². The zero-order valence-electron chi connectivity index (χ0n) is 18.4. The van der Waals surface area contributed by atoms with Gasteiger partial charge < -0.3 is 9.30 Å². The molecule has 1 aromatic heterocycles. The van der Waals surface area contributed by atoms with E-state index in [1.165, 1.54) is 49.7 Å². The molecule has 2 nitrogen and oxygen atoms in total. The largest absolute Gasteiger partial charge is 0.497 e. The molecule has 0 spiro atoms. The number of nitrogens with zero attached hydrogens (tertiary/aromatic N) is 1. The van der Waals surface area contributed by atoms with Crippen molar-refractivity contribution in [2.24, 2.45) is 0 Å². The summed E-state index contributed by atoms with van der Waals surface area (Å²) in [7, 11) is 1.72. The predicted molar refractivity (Wildman–Crippen MR) is 138 cm³/mol. The van der Waals surface area contributed by atoms with Crippen LogP contribution in [-0.4, -0.2) is 11.7 Å². The van der Waals surface area contributed by atoms with Gasteiger partial charge in [0.05, 0.1) is 23.8 Å². The second-order valence-corrected chi connectivity index (χ2v) is 8.20. The van der Waals surface area contributed by atoms with Crippen LogP contribution in [0.5, 0.6) is 5.75 Å². The van der Waals surface area contributed by atoms with Gasteiger partial charge in [-0.1, -0.05) is 91.0 Å². The number of hydrogen-bond acceptors (Lipinski definition) is 1. The van der Waals surface area contributed by atoms with E-state index in [4.69, 9.17) is 4.74 Å². The average molecular weight is 426 g/mol. The molecule has 0 fully saturated rings. The van der Waals surface area contributed by atoms with Crippen molar-refractivity contribution in [2.75, 3.05) is 7.11 Å². The van der Waals surface area contributed by atoms with Gasteiger partial charge in [-0.25, -0.2) is 0 Å². The molecule has 6 aromatic rings. The third kappa shape index (κ3) is 3.28. The van der Waals surface area contributed by atoms with Gasteiger partial charge in [-0.3, -0.25) is 0 Å². The molecule has 33 heavy (non-hydrogen) atoms. The third-order valence-corrected chi connectivity index (χ3v) is 6.33. The van der Waals surface area contributed by atoms with Gasteiger partial charge in [-0.2, -0.15) is 0 Å². The molecule has 2 heteroatoms. The van der Waals surface area contributed by atoms with E-state index in [2.05, 4.69) is 120 Å². The second kappa shape index (κ2) is 7.99. The van der Waals surface area contributed by atoms with Crippen molar-refractivity contribution in [1.29, 1.82) is 0 Å². The van der Waals surface area contributed by atoms with Crippen LogP contribution in [0.1, 0.15) is 0 Å². The van der Waals surface area contributed by atoms with Gasteiger partial charge in [0.15, 0.2) is 0 Å². The summed E-state index contributed by atoms with van der Waals surface area (Å²) in [4.78, 5) is 0. The minimum atomic E-state index is 0.871. The number of para-hydroxylation sites is 2. The lowest BCUT2D eigenvalue weighted by atomic mass is 9.99. The van der Waals surface area contributed by atoms with Crippen molar-refractivity contribution in [1.82, 2.24) is 4.57 Å². The van der Waals surface area contributed by atoms with Gasteiger partial charge in [0.25, 0.3) is 0 Å². The lowest BCUT2D eigenvalue weighted by Gasteiger charge is -2.14. The molecule has 0 unspecified atom stereocenters. The van der Waals surface area contributed by atoms with Crippen molar-refractivity contribution in [2.45, 2.75) is 0 Å². The summed E-state index contributed by atoms with van der Waals surface area (Å²) in [6.45, 7) is 0. The Morgan fingerprint density at radius 3 is 1.97 bits per heavy atom. The maximum atomic E-state index is 5.52. The molecule has 0 radical (unpaired) electrons. The van der Waals surface area contributed by atoms with Crippen LogP contribution < -0.4 is 4.74 Å². The van der Waals surface area contributed by atoms with Crippen LogP contribution in [0.3, 0.4) is 0 Å². The monoisotopic (exact) mass is 425 g/mol. The van der Waals surface area contributed by atoms with Crippen LogP contribution in [0.2, 0.25) is 0 Å². The van der Waals surface area contributed by atoms with E-state index in [0.29, 0.717) is 0 Å². The Kier molecular flexibility index (Phi) is 4.70. The van der Waals surface area contributed by atoms with Gasteiger partial charge in [-0.05, 0) is 47.0 Å². The molecule has 0 amide bonds. The number of hydrogen-bond donors (Lipinski definition) is 0. The zero-order chi connectivity index (χ0) is 22.2. The molecular formula is C31H23NO. The first-order valence-electron chi connectivity index (χ1n) is 11.2. The molecule has 0 saturated heterocycles. The molecule has 5 aromatic carbocycles. The minimum Gasteiger partial charge on any atom is -0.497 e. The number of aromatic nitrogens is 1. The summed E-state index contributed by atoms with van der Waals surface area (Å²) in [5, 5.41) is 2.42. The summed E-state index contributed by atoms with van der Waals surface area (Å²) in [6.07, 6.45) is 0. The molecule has 158 valence electrons. The Morgan fingerprint density at radius 2 is 1.15 bits per heavy atom. The Hall–Kier alpha value is -4.30. The fourth-order valence-corrected chi connectivity index (χ4v) is 4.72. The van der Waals surface area contributed by atoms with Crippen molar-refractivity contribution in [3.63, 3.8) is 0 Å². The molecule has 6 rings (SSSR count). The quantitative estimate of drug-likeness (QED) is 0.278. The molecule has 0 aliphatic carbocycles. The van der Waals surface area contributed by atoms with E-state index < -0.39 is 0 Å². The summed E-state index contributed by atoms with van der Waals surface area (Å²) in [5.74, 6) is 0.871. The highest BCUT2D eigenvalue weighted by Crippen LogP contribution is 2.37. The number of rotatable bonds is 4. The lowest BCUT2D eigenvalue weighted by molar-refractivity contribution is 0.415. The van der Waals surface area contributed by atoms with E-state index in [-0.39, 0.29) is 0 Å². The molecule has 0 bridgehead atoms. The Balaban J connectivity index is 1.55. The van der Waals surface area contributed by atoms with Gasteiger partial charge in [0, 0.05) is 16.3 Å². The summed E-state index contributed by atoms with van der Waals surface area (Å²) in [6, 6.07) is 42.9. The van der Waals surface area contributed by atoms with Crippen molar-refractivity contribution < 1.29 is 4.74 Å². The molecule has 0 N–H and O–H groups in total. The highest BCUT2D eigenvalue weighted by atomic mass is 16.5. The highest BCUT2D eigenvalue weighted by molar-refractivity contribution is 6.10. The molecule has 1 heterocycles. The summed E-state index contributed by atoms with van der Waals surface area (Å²) in [5.41, 5.74) is 8.38. The fraction of sp³-hybridized carbons (Fsp3) is 0.0323. The van der Waals surface area contributed by atoms with E-state index >= 15 is 0 Å². The van der Waals surface area contributed by atoms with E-state index in [1.54, 1.807) is 7.11 Å². The maximum absolute atomic E-state index is 5.52. The van der Waals surface area contributed by atoms with E-state index in [9.17, 15) is 0 Å². The SMILES string of the molecule is COc1ccc2c(c1)c1ccccc1n2-c1ccccc1-c1ccc(-c2ccccc2)cc1. The molecular weight excluding hydrogens is 402 g/mol. The number of benzene rings is 5. The van der Waals surface area contributed by atoms with Crippen LogP contribution >= 0.6 is 0 Å². The molecule has 0 aliphatic heterocycles. The lowest BCUT2D eigenvalue weighted by Crippen LogP contribution is -1.97. The maximum Gasteiger partial charge on any atom is 0.119 e. The predicted octanol–water partition coefficient (Wildman–Crippen LogP) is 8.13. The fourth-order valence-electron chi connectivity index (χ4n) is 4.72. The molecule has 0 saturated carbocycles. The van der Waals surface area contributed by atoms with Crippen LogP contribution in [0.25, 0.3) is 49.7 Å². The Morgan fingerprint density at radius 1 is 0.515 bits per heavy atom. The first-order chi connectivity index (χ1) is 16.3. The average Bonchev–Trinajstić information content (AvgIpc) is 3.23. The van der Waals surface area contributed by atoms with Crippen LogP contribution in [0.15, 0.2) is 121 Å². The smallest absolute Gasteiger partial charge is 0.119 e. The number of ether oxygens (including phenoxy) is 1. The first kappa shape index (κ1) is 19.4.